The van der Waals surface area contributed by atoms with Crippen LogP contribution in [-0.4, -0.2) is 21.2 Å². The first kappa shape index (κ1) is 18.4. The molecule has 1 atom stereocenters. The quantitative estimate of drug-likeness (QED) is 0.463. The van der Waals surface area contributed by atoms with Gasteiger partial charge in [-0.1, -0.05) is 48.5 Å². The number of ether oxygens (including phenoxy) is 1. The van der Waals surface area contributed by atoms with E-state index in [0.29, 0.717) is 6.61 Å². The Kier molecular flexibility index (Phi) is 4.91. The maximum Gasteiger partial charge on any atom is 0.115 e. The van der Waals surface area contributed by atoms with E-state index in [0.717, 1.165) is 34.5 Å². The Balaban J connectivity index is 1.33. The van der Waals surface area contributed by atoms with Crippen LogP contribution in [0.25, 0.3) is 28.5 Å². The molecule has 0 saturated heterocycles. The molecular weight excluding hydrogens is 372 g/mol. The summed E-state index contributed by atoms with van der Waals surface area (Å²) in [5.74, 6) is 0.260. The fourth-order valence-corrected chi connectivity index (χ4v) is 3.77. The largest absolute Gasteiger partial charge is 0.508 e. The molecule has 148 valence electrons. The highest BCUT2D eigenvalue weighted by molar-refractivity contribution is 5.72. The van der Waals surface area contributed by atoms with E-state index in [1.165, 1.54) is 11.1 Å². The molecule has 0 spiro atoms. The standard InChI is InChI=1S/C26H22N2O2/c29-23-8-6-19(7-9-23)21-12-22(16-27-15-21)26-14-20-13-24(10-11-25(20)28-26)30-17-18-4-2-1-3-5-18/h1-12,14-16,24,28-29H,13,17H2. The lowest BCUT2D eigenvalue weighted by Crippen LogP contribution is -2.16. The number of H-pyrrole nitrogens is 1. The average molecular weight is 394 g/mol. The Bertz CT molecular complexity index is 1180. The van der Waals surface area contributed by atoms with Crippen LogP contribution in [0.5, 0.6) is 5.75 Å². The van der Waals surface area contributed by atoms with Gasteiger partial charge in [-0.3, -0.25) is 4.98 Å². The van der Waals surface area contributed by atoms with Gasteiger partial charge in [-0.25, -0.2) is 0 Å². The third kappa shape index (κ3) is 3.91. The first-order valence-corrected chi connectivity index (χ1v) is 10.0. The highest BCUT2D eigenvalue weighted by Gasteiger charge is 2.18. The lowest BCUT2D eigenvalue weighted by Gasteiger charge is -2.17. The molecule has 0 aliphatic heterocycles. The molecule has 4 aromatic rings. The van der Waals surface area contributed by atoms with Gasteiger partial charge in [0.1, 0.15) is 5.75 Å². The third-order valence-corrected chi connectivity index (χ3v) is 5.39. The summed E-state index contributed by atoms with van der Waals surface area (Å²) in [7, 11) is 0. The van der Waals surface area contributed by atoms with Gasteiger partial charge in [-0.05, 0) is 47.0 Å². The SMILES string of the molecule is Oc1ccc(-c2cncc(-c3cc4c([nH]3)C=CC(OCc3ccccc3)C4)c2)cc1. The molecule has 2 aromatic heterocycles. The van der Waals surface area contributed by atoms with Crippen molar-refractivity contribution in [3.63, 3.8) is 0 Å². The second-order valence-corrected chi connectivity index (χ2v) is 7.53. The van der Waals surface area contributed by atoms with Crippen LogP contribution in [0, 0.1) is 0 Å². The normalized spacial score (nSPS) is 15.1. The first-order valence-electron chi connectivity index (χ1n) is 10.0. The van der Waals surface area contributed by atoms with E-state index < -0.39 is 0 Å². The van der Waals surface area contributed by atoms with Crippen LogP contribution in [-0.2, 0) is 17.8 Å². The van der Waals surface area contributed by atoms with Gasteiger partial charge in [0, 0.05) is 41.3 Å². The van der Waals surface area contributed by atoms with E-state index in [9.17, 15) is 5.11 Å². The fraction of sp³-hybridized carbons (Fsp3) is 0.115. The van der Waals surface area contributed by atoms with Gasteiger partial charge >= 0.3 is 0 Å². The van der Waals surface area contributed by atoms with Gasteiger partial charge in [-0.15, -0.1) is 0 Å². The topological polar surface area (TPSA) is 58.1 Å². The summed E-state index contributed by atoms with van der Waals surface area (Å²) >= 11 is 0. The lowest BCUT2D eigenvalue weighted by molar-refractivity contribution is 0.0720. The van der Waals surface area contributed by atoms with E-state index >= 15 is 0 Å². The zero-order valence-corrected chi connectivity index (χ0v) is 16.5. The van der Waals surface area contributed by atoms with Gasteiger partial charge < -0.3 is 14.8 Å². The van der Waals surface area contributed by atoms with Crippen molar-refractivity contribution >= 4 is 6.08 Å². The monoisotopic (exact) mass is 394 g/mol. The van der Waals surface area contributed by atoms with Crippen molar-refractivity contribution < 1.29 is 9.84 Å². The fourth-order valence-electron chi connectivity index (χ4n) is 3.77. The minimum atomic E-state index is 0.0720. The van der Waals surface area contributed by atoms with Crippen LogP contribution in [0.4, 0.5) is 0 Å². The minimum absolute atomic E-state index is 0.0720. The number of benzene rings is 2. The van der Waals surface area contributed by atoms with Gasteiger partial charge in [0.2, 0.25) is 0 Å². The molecule has 0 amide bonds. The predicted molar refractivity (Wildman–Crippen MR) is 119 cm³/mol. The molecule has 4 heteroatoms. The molecule has 1 aliphatic rings. The summed E-state index contributed by atoms with van der Waals surface area (Å²) in [6, 6.07) is 21.7. The number of rotatable bonds is 5. The van der Waals surface area contributed by atoms with Gasteiger partial charge in [-0.2, -0.15) is 0 Å². The zero-order valence-electron chi connectivity index (χ0n) is 16.5. The van der Waals surface area contributed by atoms with E-state index in [4.69, 9.17) is 4.74 Å². The van der Waals surface area contributed by atoms with Crippen molar-refractivity contribution in [3.05, 3.63) is 102 Å². The molecule has 2 N–H and O–H groups in total. The first-order chi connectivity index (χ1) is 14.7. The highest BCUT2D eigenvalue weighted by atomic mass is 16.5. The van der Waals surface area contributed by atoms with Crippen molar-refractivity contribution in [1.82, 2.24) is 9.97 Å². The van der Waals surface area contributed by atoms with Crippen LogP contribution in [0.15, 0.2) is 85.2 Å². The third-order valence-electron chi connectivity index (χ3n) is 5.39. The number of aromatic amines is 1. The molecule has 30 heavy (non-hydrogen) atoms. The number of aromatic hydroxyl groups is 1. The van der Waals surface area contributed by atoms with Gasteiger partial charge in [0.25, 0.3) is 0 Å². The maximum absolute atomic E-state index is 9.52. The predicted octanol–water partition coefficient (Wildman–Crippen LogP) is 5.60. The number of nitrogens with zero attached hydrogens (tertiary/aromatic N) is 1. The Morgan fingerprint density at radius 2 is 1.73 bits per heavy atom. The minimum Gasteiger partial charge on any atom is -0.508 e. The van der Waals surface area contributed by atoms with Crippen LogP contribution in [0.1, 0.15) is 16.8 Å². The number of hydrogen-bond donors (Lipinski definition) is 2. The number of nitrogens with one attached hydrogen (secondary N) is 1. The second-order valence-electron chi connectivity index (χ2n) is 7.53. The molecule has 1 aliphatic carbocycles. The van der Waals surface area contributed by atoms with E-state index in [1.54, 1.807) is 12.1 Å². The smallest absolute Gasteiger partial charge is 0.115 e. The molecule has 5 rings (SSSR count). The van der Waals surface area contributed by atoms with Crippen molar-refractivity contribution in [1.29, 1.82) is 0 Å². The van der Waals surface area contributed by atoms with Gasteiger partial charge in [0.15, 0.2) is 0 Å². The summed E-state index contributed by atoms with van der Waals surface area (Å²) in [6.45, 7) is 0.612. The molecule has 1 unspecified atom stereocenters. The van der Waals surface area contributed by atoms with E-state index in [2.05, 4.69) is 46.4 Å². The number of phenolic OH excluding ortho intramolecular Hbond substituents is 1. The molecule has 0 radical (unpaired) electrons. The number of pyridine rings is 1. The van der Waals surface area contributed by atoms with E-state index in [-0.39, 0.29) is 11.9 Å². The van der Waals surface area contributed by atoms with Crippen LogP contribution in [0.3, 0.4) is 0 Å². The number of phenols is 1. The van der Waals surface area contributed by atoms with Crippen molar-refractivity contribution in [3.8, 4) is 28.1 Å². The van der Waals surface area contributed by atoms with Crippen molar-refractivity contribution in [2.24, 2.45) is 0 Å². The Hall–Kier alpha value is -3.63. The Labute approximate surface area is 175 Å². The maximum atomic E-state index is 9.52. The van der Waals surface area contributed by atoms with Crippen LogP contribution < -0.4 is 0 Å². The molecule has 0 saturated carbocycles. The summed E-state index contributed by atoms with van der Waals surface area (Å²) < 4.78 is 6.09. The molecular formula is C26H22N2O2. The molecule has 0 bridgehead atoms. The van der Waals surface area contributed by atoms with Crippen molar-refractivity contribution in [2.45, 2.75) is 19.1 Å². The second kappa shape index (κ2) is 8.01. The number of aromatic nitrogens is 2. The van der Waals surface area contributed by atoms with Gasteiger partial charge in [0.05, 0.1) is 12.7 Å². The average Bonchev–Trinajstić information content (AvgIpc) is 3.23. The molecule has 2 heterocycles. The summed E-state index contributed by atoms with van der Waals surface area (Å²) in [5, 5.41) is 9.52. The highest BCUT2D eigenvalue weighted by Crippen LogP contribution is 2.30. The van der Waals surface area contributed by atoms with E-state index in [1.807, 2.05) is 42.7 Å². The lowest BCUT2D eigenvalue weighted by atomic mass is 10.0. The number of hydrogen-bond acceptors (Lipinski definition) is 3. The summed E-state index contributed by atoms with van der Waals surface area (Å²) in [4.78, 5) is 7.93. The van der Waals surface area contributed by atoms with Crippen molar-refractivity contribution in [2.75, 3.05) is 0 Å². The Morgan fingerprint density at radius 3 is 2.57 bits per heavy atom. The van der Waals surface area contributed by atoms with Crippen LogP contribution >= 0.6 is 0 Å². The number of fused-ring (bicyclic) bond motifs is 1. The summed E-state index contributed by atoms with van der Waals surface area (Å²) in [5.41, 5.74) is 7.67. The zero-order chi connectivity index (χ0) is 20.3. The molecule has 2 aromatic carbocycles. The molecule has 0 fully saturated rings. The molecule has 4 nitrogen and oxygen atoms in total. The Morgan fingerprint density at radius 1 is 0.933 bits per heavy atom. The van der Waals surface area contributed by atoms with Crippen LogP contribution in [0.2, 0.25) is 0 Å². The summed E-state index contributed by atoms with van der Waals surface area (Å²) in [6.07, 6.45) is 8.86.